The summed E-state index contributed by atoms with van der Waals surface area (Å²) in [5.41, 5.74) is -1.25. The van der Waals surface area contributed by atoms with E-state index in [2.05, 4.69) is 5.32 Å². The van der Waals surface area contributed by atoms with Gasteiger partial charge in [-0.2, -0.15) is 13.2 Å². The van der Waals surface area contributed by atoms with Crippen molar-refractivity contribution in [2.45, 2.75) is 76.4 Å². The van der Waals surface area contributed by atoms with Crippen LogP contribution in [-0.2, 0) is 39.0 Å². The summed E-state index contributed by atoms with van der Waals surface area (Å²) in [4.78, 5) is 71.9. The van der Waals surface area contributed by atoms with E-state index >= 15 is 0 Å². The molecular formula is C42H50ClF3N4O7. The van der Waals surface area contributed by atoms with Gasteiger partial charge in [0.15, 0.2) is 5.60 Å². The third-order valence-electron chi connectivity index (χ3n) is 10.4. The Morgan fingerprint density at radius 1 is 0.860 bits per heavy atom. The van der Waals surface area contributed by atoms with Gasteiger partial charge in [0.1, 0.15) is 17.6 Å². The molecule has 0 spiro atoms. The molecule has 0 bridgehead atoms. The number of hydrogen-bond acceptors (Lipinski definition) is 7. The van der Waals surface area contributed by atoms with Crippen molar-refractivity contribution in [1.29, 1.82) is 0 Å². The van der Waals surface area contributed by atoms with E-state index in [1.54, 1.807) is 62.4 Å². The molecule has 308 valence electrons. The zero-order valence-corrected chi connectivity index (χ0v) is 33.9. The Balaban J connectivity index is 1.74. The van der Waals surface area contributed by atoms with Crippen LogP contribution in [0.4, 0.5) is 13.2 Å². The minimum absolute atomic E-state index is 0.242. The smallest absolute Gasteiger partial charge is 0.444 e. The second kappa shape index (κ2) is 18.5. The fraction of sp³-hybridized carbons (Fsp3) is 0.452. The van der Waals surface area contributed by atoms with Crippen LogP contribution >= 0.6 is 11.6 Å². The number of carbonyl (C=O) groups excluding carboxylic acids is 5. The molecule has 57 heavy (non-hydrogen) atoms. The maximum absolute atomic E-state index is 14.4. The average Bonchev–Trinajstić information content (AvgIpc) is 3.71. The van der Waals surface area contributed by atoms with Gasteiger partial charge in [0.05, 0.1) is 13.0 Å². The summed E-state index contributed by atoms with van der Waals surface area (Å²) in [5.74, 6) is -6.22. The summed E-state index contributed by atoms with van der Waals surface area (Å²) < 4.78 is 52.2. The summed E-state index contributed by atoms with van der Waals surface area (Å²) in [5, 5.41) is 2.99. The lowest BCUT2D eigenvalue weighted by molar-refractivity contribution is -0.193. The highest BCUT2D eigenvalue weighted by atomic mass is 35.5. The molecule has 4 amide bonds. The number of benzene rings is 3. The molecule has 15 heteroatoms. The first-order valence-electron chi connectivity index (χ1n) is 18.6. The fourth-order valence-electron chi connectivity index (χ4n) is 7.28. The van der Waals surface area contributed by atoms with Crippen LogP contribution in [0.15, 0.2) is 78.9 Å². The first kappa shape index (κ1) is 44.8. The van der Waals surface area contributed by atoms with Gasteiger partial charge in [-0.3, -0.25) is 24.0 Å². The van der Waals surface area contributed by atoms with Crippen LogP contribution in [0, 0.1) is 12.8 Å². The molecule has 0 aromatic heterocycles. The summed E-state index contributed by atoms with van der Waals surface area (Å²) >= 11 is 6.84. The largest absolute Gasteiger partial charge is 0.471 e. The van der Waals surface area contributed by atoms with Crippen molar-refractivity contribution in [3.63, 3.8) is 0 Å². The molecule has 1 fully saturated rings. The number of likely N-dealkylation sites (tertiary alicyclic amines) is 1. The van der Waals surface area contributed by atoms with E-state index in [0.717, 1.165) is 31.5 Å². The first-order chi connectivity index (χ1) is 26.8. The number of carbonyl (C=O) groups is 5. The Hall–Kier alpha value is -4.95. The van der Waals surface area contributed by atoms with Crippen LogP contribution < -0.4 is 5.32 Å². The lowest BCUT2D eigenvalue weighted by atomic mass is 9.79. The van der Waals surface area contributed by atoms with Crippen LogP contribution in [-0.4, -0.2) is 109 Å². The maximum atomic E-state index is 14.4. The molecule has 0 radical (unpaired) electrons. The molecular weight excluding hydrogens is 765 g/mol. The number of rotatable bonds is 15. The molecule has 1 heterocycles. The summed E-state index contributed by atoms with van der Waals surface area (Å²) in [6, 6.07) is 20.5. The zero-order valence-electron chi connectivity index (χ0n) is 33.2. The van der Waals surface area contributed by atoms with Crippen molar-refractivity contribution < 1.29 is 46.6 Å². The van der Waals surface area contributed by atoms with Crippen LogP contribution in [0.2, 0.25) is 5.02 Å². The maximum Gasteiger partial charge on any atom is 0.471 e. The highest BCUT2D eigenvalue weighted by Gasteiger charge is 2.52. The first-order valence-corrected chi connectivity index (χ1v) is 19.0. The third kappa shape index (κ3) is 9.78. The summed E-state index contributed by atoms with van der Waals surface area (Å²) in [6.07, 6.45) is -4.50. The summed E-state index contributed by atoms with van der Waals surface area (Å²) in [6.45, 7) is 6.39. The number of methoxy groups -OCH3 is 1. The summed E-state index contributed by atoms with van der Waals surface area (Å²) in [7, 11) is 3.21. The number of nitrogens with one attached hydrogen (secondary N) is 1. The second-order valence-corrected chi connectivity index (χ2v) is 15.2. The highest BCUT2D eigenvalue weighted by molar-refractivity contribution is 6.31. The fourth-order valence-corrected chi connectivity index (χ4v) is 7.55. The molecule has 1 unspecified atom stereocenters. The minimum Gasteiger partial charge on any atom is -0.444 e. The Bertz CT molecular complexity index is 1910. The van der Waals surface area contributed by atoms with Crippen molar-refractivity contribution in [3.8, 4) is 0 Å². The molecule has 11 nitrogen and oxygen atoms in total. The number of aryl methyl sites for hydroxylation is 1. The number of esters is 1. The van der Waals surface area contributed by atoms with Crippen LogP contribution in [0.5, 0.6) is 0 Å². The number of alkyl halides is 3. The van der Waals surface area contributed by atoms with Crippen LogP contribution in [0.3, 0.4) is 0 Å². The number of halogens is 4. The van der Waals surface area contributed by atoms with E-state index in [-0.39, 0.29) is 4.90 Å². The van der Waals surface area contributed by atoms with Crippen molar-refractivity contribution in [3.05, 3.63) is 106 Å². The lowest BCUT2D eigenvalue weighted by Crippen LogP contribution is -2.65. The Morgan fingerprint density at radius 2 is 1.42 bits per heavy atom. The normalized spacial score (nSPS) is 16.2. The lowest BCUT2D eigenvalue weighted by Gasteiger charge is -2.42. The van der Waals surface area contributed by atoms with E-state index in [9.17, 15) is 37.1 Å². The number of likely N-dealkylation sites (N-methyl/N-ethyl adjacent to an activating group) is 2. The molecule has 1 saturated heterocycles. The minimum atomic E-state index is -5.29. The number of amides is 4. The topological polar surface area (TPSA) is 126 Å². The second-order valence-electron chi connectivity index (χ2n) is 14.8. The van der Waals surface area contributed by atoms with Crippen molar-refractivity contribution >= 4 is 41.2 Å². The standard InChI is InChI=1S/C42H50ClF3N4O7/c1-27(2)35(48(5)38(54)40(4,26-56-7)49(6)39(55)42(44,45)46)36(52)47-33(37(53)50-23-13-14-24-50)25-34(51)57-41(29-15-9-8-10-16-29,30-21-19-28(3)20-22-30)31-17-11-12-18-32(31)43/h8-12,15-22,27,33,35H,13-14,23-26H2,1-7H3,(H,47,52)/t33-,35-,40-,41?/m0/s1. The van der Waals surface area contributed by atoms with E-state index in [1.807, 2.05) is 37.3 Å². The molecule has 0 aliphatic carbocycles. The van der Waals surface area contributed by atoms with Gasteiger partial charge < -0.3 is 29.5 Å². The van der Waals surface area contributed by atoms with Crippen molar-refractivity contribution in [2.75, 3.05) is 40.9 Å². The number of nitrogens with zero attached hydrogens (tertiary/aromatic N) is 3. The van der Waals surface area contributed by atoms with Crippen LogP contribution in [0.25, 0.3) is 0 Å². The van der Waals surface area contributed by atoms with Gasteiger partial charge >= 0.3 is 18.1 Å². The third-order valence-corrected chi connectivity index (χ3v) is 10.7. The van der Waals surface area contributed by atoms with E-state index in [1.165, 1.54) is 11.9 Å². The zero-order chi connectivity index (χ0) is 42.3. The van der Waals surface area contributed by atoms with E-state index in [0.29, 0.717) is 47.6 Å². The van der Waals surface area contributed by atoms with Gasteiger partial charge in [0.2, 0.25) is 11.8 Å². The number of ether oxygens (including phenoxy) is 2. The Morgan fingerprint density at radius 3 is 1.96 bits per heavy atom. The van der Waals surface area contributed by atoms with E-state index in [4.69, 9.17) is 21.1 Å². The molecule has 1 N–H and O–H groups in total. The SMILES string of the molecule is COC[C@@](C)(C(=O)N(C)[C@H](C(=O)N[C@@H](CC(=O)OC(c1ccccc1)(c1ccc(C)cc1)c1ccccc1Cl)C(=O)N1CCCC1)C(C)C)N(C)C(=O)C(F)(F)F. The van der Waals surface area contributed by atoms with Gasteiger partial charge in [0.25, 0.3) is 5.91 Å². The van der Waals surface area contributed by atoms with Gasteiger partial charge in [-0.25, -0.2) is 0 Å². The predicted molar refractivity (Wildman–Crippen MR) is 208 cm³/mol. The molecule has 4 rings (SSSR count). The Labute approximate surface area is 336 Å². The van der Waals surface area contributed by atoms with Gasteiger partial charge in [-0.05, 0) is 38.7 Å². The van der Waals surface area contributed by atoms with Crippen LogP contribution in [0.1, 0.15) is 62.3 Å². The van der Waals surface area contributed by atoms with E-state index < -0.39 is 77.9 Å². The van der Waals surface area contributed by atoms with Crippen molar-refractivity contribution in [2.24, 2.45) is 5.92 Å². The van der Waals surface area contributed by atoms with Gasteiger partial charge in [0, 0.05) is 56.0 Å². The molecule has 1 aliphatic rings. The Kier molecular flexibility index (Phi) is 14.6. The molecule has 3 aromatic rings. The van der Waals surface area contributed by atoms with Crippen molar-refractivity contribution in [1.82, 2.24) is 20.0 Å². The molecule has 0 saturated carbocycles. The quantitative estimate of drug-likeness (QED) is 0.150. The monoisotopic (exact) mass is 814 g/mol. The highest BCUT2D eigenvalue weighted by Crippen LogP contribution is 2.44. The predicted octanol–water partition coefficient (Wildman–Crippen LogP) is 5.89. The number of hydrogen-bond donors (Lipinski definition) is 1. The van der Waals surface area contributed by atoms with Gasteiger partial charge in [-0.15, -0.1) is 0 Å². The average molecular weight is 815 g/mol. The molecule has 3 aromatic carbocycles. The molecule has 4 atom stereocenters. The molecule has 1 aliphatic heterocycles. The van der Waals surface area contributed by atoms with Gasteiger partial charge in [-0.1, -0.05) is 104 Å².